The average molecular weight is 270 g/mol. The van der Waals surface area contributed by atoms with E-state index in [2.05, 4.69) is 9.97 Å². The summed E-state index contributed by atoms with van der Waals surface area (Å²) >= 11 is 0. The monoisotopic (exact) mass is 270 g/mol. The van der Waals surface area contributed by atoms with E-state index >= 15 is 0 Å². The highest BCUT2D eigenvalue weighted by molar-refractivity contribution is 5.86. The van der Waals surface area contributed by atoms with Crippen molar-refractivity contribution in [2.45, 2.75) is 6.92 Å². The summed E-state index contributed by atoms with van der Waals surface area (Å²) in [6.45, 7) is 1.97. The largest absolute Gasteiger partial charge is 0.496 e. The first kappa shape index (κ1) is 13.7. The molecule has 1 N–H and O–H groups in total. The minimum Gasteiger partial charge on any atom is -0.496 e. The smallest absolute Gasteiger partial charge is 0.354 e. The summed E-state index contributed by atoms with van der Waals surface area (Å²) in [6.07, 6.45) is 4.81. The number of aromatic nitrogens is 2. The van der Waals surface area contributed by atoms with Crippen LogP contribution in [0, 0.1) is 6.92 Å². The third-order valence-electron chi connectivity index (χ3n) is 2.79. The summed E-state index contributed by atoms with van der Waals surface area (Å²) in [5.74, 6) is -0.264. The Kier molecular flexibility index (Phi) is 4.10. The summed E-state index contributed by atoms with van der Waals surface area (Å²) in [7, 11) is 1.62. The van der Waals surface area contributed by atoms with Gasteiger partial charge in [0, 0.05) is 0 Å². The zero-order valence-electron chi connectivity index (χ0n) is 11.2. The zero-order chi connectivity index (χ0) is 14.5. The molecule has 0 aliphatic rings. The maximum Gasteiger partial charge on any atom is 0.354 e. The number of carboxylic acid groups (broad SMARTS) is 1. The molecule has 2 aromatic rings. The Morgan fingerprint density at radius 3 is 2.75 bits per heavy atom. The van der Waals surface area contributed by atoms with Crippen molar-refractivity contribution < 1.29 is 14.6 Å². The van der Waals surface area contributed by atoms with Gasteiger partial charge in [-0.3, -0.25) is 0 Å². The highest BCUT2D eigenvalue weighted by atomic mass is 16.5. The van der Waals surface area contributed by atoms with Gasteiger partial charge in [0.2, 0.25) is 0 Å². The lowest BCUT2D eigenvalue weighted by molar-refractivity contribution is 0.0690. The van der Waals surface area contributed by atoms with Crippen LogP contribution < -0.4 is 4.74 Å². The second-order valence-corrected chi connectivity index (χ2v) is 4.20. The van der Waals surface area contributed by atoms with Crippen molar-refractivity contribution in [2.75, 3.05) is 7.11 Å². The van der Waals surface area contributed by atoms with Crippen molar-refractivity contribution in [1.82, 2.24) is 9.97 Å². The topological polar surface area (TPSA) is 72.3 Å². The van der Waals surface area contributed by atoms with Crippen molar-refractivity contribution >= 4 is 18.1 Å². The van der Waals surface area contributed by atoms with E-state index in [0.29, 0.717) is 5.69 Å². The van der Waals surface area contributed by atoms with Gasteiger partial charge in [-0.15, -0.1) is 0 Å². The maximum atomic E-state index is 10.8. The van der Waals surface area contributed by atoms with Gasteiger partial charge >= 0.3 is 5.97 Å². The minimum absolute atomic E-state index is 0.0267. The Morgan fingerprint density at radius 2 is 2.05 bits per heavy atom. The van der Waals surface area contributed by atoms with Crippen molar-refractivity contribution in [3.8, 4) is 5.75 Å². The molecule has 0 fully saturated rings. The van der Waals surface area contributed by atoms with Crippen LogP contribution in [-0.2, 0) is 0 Å². The molecule has 20 heavy (non-hydrogen) atoms. The molecule has 0 aliphatic heterocycles. The molecule has 0 saturated carbocycles. The number of hydrogen-bond acceptors (Lipinski definition) is 4. The quantitative estimate of drug-likeness (QED) is 0.924. The fourth-order valence-corrected chi connectivity index (χ4v) is 1.70. The number of methoxy groups -OCH3 is 1. The lowest BCUT2D eigenvalue weighted by atomic mass is 10.1. The maximum absolute atomic E-state index is 10.8. The van der Waals surface area contributed by atoms with Crippen LogP contribution >= 0.6 is 0 Å². The van der Waals surface area contributed by atoms with Gasteiger partial charge in [-0.25, -0.2) is 14.8 Å². The van der Waals surface area contributed by atoms with Gasteiger partial charge in [0.25, 0.3) is 0 Å². The number of carboxylic acids is 1. The molecular weight excluding hydrogens is 256 g/mol. The molecule has 1 aromatic heterocycles. The number of ether oxygens (including phenoxy) is 1. The second-order valence-electron chi connectivity index (χ2n) is 4.20. The summed E-state index contributed by atoms with van der Waals surface area (Å²) in [6, 6.07) is 7.24. The first-order valence-corrected chi connectivity index (χ1v) is 5.98. The van der Waals surface area contributed by atoms with Crippen molar-refractivity contribution in [1.29, 1.82) is 0 Å². The zero-order valence-corrected chi connectivity index (χ0v) is 11.2. The number of aromatic carboxylic acids is 1. The molecule has 102 valence electrons. The Balaban J connectivity index is 2.25. The molecule has 0 unspecified atom stereocenters. The fourth-order valence-electron chi connectivity index (χ4n) is 1.70. The molecule has 5 heteroatoms. The van der Waals surface area contributed by atoms with Crippen LogP contribution in [0.25, 0.3) is 12.2 Å². The van der Waals surface area contributed by atoms with Crippen LogP contribution in [-0.4, -0.2) is 28.2 Å². The molecule has 0 spiro atoms. The number of rotatable bonds is 4. The Hall–Kier alpha value is -2.69. The van der Waals surface area contributed by atoms with E-state index in [1.54, 1.807) is 13.2 Å². The van der Waals surface area contributed by atoms with Crippen LogP contribution in [0.4, 0.5) is 0 Å². The van der Waals surface area contributed by atoms with E-state index < -0.39 is 5.97 Å². The number of carbonyl (C=O) groups is 1. The second kappa shape index (κ2) is 5.97. The Bertz CT molecular complexity index is 666. The van der Waals surface area contributed by atoms with E-state index in [9.17, 15) is 4.79 Å². The molecule has 5 nitrogen and oxygen atoms in total. The average Bonchev–Trinajstić information content (AvgIpc) is 2.46. The summed E-state index contributed by atoms with van der Waals surface area (Å²) in [4.78, 5) is 18.5. The van der Waals surface area contributed by atoms with Crippen LogP contribution in [0.15, 0.2) is 30.6 Å². The lowest BCUT2D eigenvalue weighted by Gasteiger charge is -2.04. The third kappa shape index (κ3) is 3.20. The summed E-state index contributed by atoms with van der Waals surface area (Å²) in [5.41, 5.74) is 2.51. The van der Waals surface area contributed by atoms with Gasteiger partial charge < -0.3 is 9.84 Å². The molecule has 2 rings (SSSR count). The normalized spacial score (nSPS) is 10.7. The first-order chi connectivity index (χ1) is 9.60. The molecule has 1 aromatic carbocycles. The standard InChI is InChI=1S/C15H14N2O3/c1-10-3-4-11(7-14(10)20-2)5-6-12-8-13(15(18)19)17-9-16-12/h3-9H,1-2H3,(H,18,19). The highest BCUT2D eigenvalue weighted by Gasteiger charge is 2.04. The molecule has 0 aliphatic carbocycles. The predicted molar refractivity (Wildman–Crippen MR) is 75.7 cm³/mol. The van der Waals surface area contributed by atoms with Gasteiger partial charge in [-0.05, 0) is 36.3 Å². The molecule has 0 atom stereocenters. The highest BCUT2D eigenvalue weighted by Crippen LogP contribution is 2.20. The van der Waals surface area contributed by atoms with Gasteiger partial charge in [0.1, 0.15) is 12.1 Å². The van der Waals surface area contributed by atoms with Gasteiger partial charge in [-0.1, -0.05) is 18.2 Å². The van der Waals surface area contributed by atoms with Crippen LogP contribution in [0.2, 0.25) is 0 Å². The molecule has 0 amide bonds. The lowest BCUT2D eigenvalue weighted by Crippen LogP contribution is -2.00. The molecule has 0 radical (unpaired) electrons. The number of nitrogens with zero attached hydrogens (tertiary/aromatic N) is 2. The van der Waals surface area contributed by atoms with E-state index in [-0.39, 0.29) is 5.69 Å². The first-order valence-electron chi connectivity index (χ1n) is 5.98. The molecular formula is C15H14N2O3. The molecule has 0 bridgehead atoms. The molecule has 0 saturated heterocycles. The number of benzene rings is 1. The fraction of sp³-hybridized carbons (Fsp3) is 0.133. The Morgan fingerprint density at radius 1 is 1.25 bits per heavy atom. The number of hydrogen-bond donors (Lipinski definition) is 1. The van der Waals surface area contributed by atoms with Crippen LogP contribution in [0.3, 0.4) is 0 Å². The predicted octanol–water partition coefficient (Wildman–Crippen LogP) is 2.66. The van der Waals surface area contributed by atoms with Gasteiger partial charge in [0.15, 0.2) is 5.69 Å². The summed E-state index contributed by atoms with van der Waals surface area (Å²) < 4.78 is 5.25. The van der Waals surface area contributed by atoms with E-state index in [4.69, 9.17) is 9.84 Å². The van der Waals surface area contributed by atoms with Crippen LogP contribution in [0.5, 0.6) is 5.75 Å². The van der Waals surface area contributed by atoms with Gasteiger partial charge in [0.05, 0.1) is 12.8 Å². The third-order valence-corrected chi connectivity index (χ3v) is 2.79. The summed E-state index contributed by atoms with van der Waals surface area (Å²) in [5, 5.41) is 8.86. The SMILES string of the molecule is COc1cc(C=Cc2cc(C(=O)O)ncn2)ccc1C. The Labute approximate surface area is 116 Å². The van der Waals surface area contributed by atoms with Gasteiger partial charge in [-0.2, -0.15) is 0 Å². The van der Waals surface area contributed by atoms with E-state index in [0.717, 1.165) is 16.9 Å². The van der Waals surface area contributed by atoms with Crippen molar-refractivity contribution in [3.05, 3.63) is 53.1 Å². The number of aryl methyl sites for hydroxylation is 1. The van der Waals surface area contributed by atoms with Crippen LogP contribution in [0.1, 0.15) is 27.3 Å². The van der Waals surface area contributed by atoms with E-state index in [1.807, 2.05) is 31.2 Å². The minimum atomic E-state index is -1.07. The van der Waals surface area contributed by atoms with Crippen molar-refractivity contribution in [3.63, 3.8) is 0 Å². The van der Waals surface area contributed by atoms with E-state index in [1.165, 1.54) is 12.4 Å². The van der Waals surface area contributed by atoms with Crippen molar-refractivity contribution in [2.24, 2.45) is 0 Å². The molecule has 1 heterocycles.